The number of para-hydroxylation sites is 1. The number of hydrogen-bond donors (Lipinski definition) is 0. The van der Waals surface area contributed by atoms with Crippen LogP contribution in [0.15, 0.2) is 66.2 Å². The molecule has 0 N–H and O–H groups in total. The summed E-state index contributed by atoms with van der Waals surface area (Å²) in [7, 11) is 0. The van der Waals surface area contributed by atoms with E-state index in [2.05, 4.69) is 6.07 Å². The molecular formula is C28H31NO5. The van der Waals surface area contributed by atoms with Crippen LogP contribution in [0, 0.1) is 28.6 Å². The molecule has 0 amide bonds. The summed E-state index contributed by atoms with van der Waals surface area (Å²) in [6.07, 6.45) is 2.49. The normalized spacial score (nSPS) is 19.4. The van der Waals surface area contributed by atoms with Gasteiger partial charge in [0.1, 0.15) is 17.6 Å². The van der Waals surface area contributed by atoms with Gasteiger partial charge in [0.2, 0.25) is 6.10 Å². The summed E-state index contributed by atoms with van der Waals surface area (Å²) >= 11 is 0. The highest BCUT2D eigenvalue weighted by Gasteiger charge is 2.62. The van der Waals surface area contributed by atoms with Gasteiger partial charge in [-0.05, 0) is 48.9 Å². The predicted molar refractivity (Wildman–Crippen MR) is 128 cm³/mol. The Balaban J connectivity index is 1.66. The summed E-state index contributed by atoms with van der Waals surface area (Å²) in [5.74, 6) is -0.211. The molecule has 0 saturated heterocycles. The molecule has 1 aliphatic rings. The van der Waals surface area contributed by atoms with Crippen LogP contribution >= 0.6 is 0 Å². The minimum Gasteiger partial charge on any atom is -0.462 e. The van der Waals surface area contributed by atoms with Crippen molar-refractivity contribution >= 4 is 11.9 Å². The number of benzene rings is 2. The first-order chi connectivity index (χ1) is 16.3. The topological polar surface area (TPSA) is 85.6 Å². The Morgan fingerprint density at radius 3 is 2.50 bits per heavy atom. The number of allylic oxidation sites excluding steroid dienone is 1. The molecule has 0 aromatic heterocycles. The van der Waals surface area contributed by atoms with E-state index in [4.69, 9.17) is 14.2 Å². The SMILES string of the molecule is CCCCOC(=O)/C(C)=C/C1C(C(=O)OC(C#N)c2cccc(Oc3ccccc3)c2)C1(C)C. The van der Waals surface area contributed by atoms with Crippen LogP contribution in [0.3, 0.4) is 0 Å². The Morgan fingerprint density at radius 2 is 1.82 bits per heavy atom. The molecule has 1 aliphatic carbocycles. The monoisotopic (exact) mass is 461 g/mol. The van der Waals surface area contributed by atoms with Gasteiger partial charge in [-0.2, -0.15) is 5.26 Å². The van der Waals surface area contributed by atoms with Crippen LogP contribution in [-0.4, -0.2) is 18.5 Å². The lowest BCUT2D eigenvalue weighted by Gasteiger charge is -2.13. The van der Waals surface area contributed by atoms with Crippen LogP contribution in [0.2, 0.25) is 0 Å². The fraction of sp³-hybridized carbons (Fsp3) is 0.393. The molecule has 1 fully saturated rings. The quantitative estimate of drug-likeness (QED) is 0.240. The average molecular weight is 462 g/mol. The highest BCUT2D eigenvalue weighted by molar-refractivity contribution is 5.88. The van der Waals surface area contributed by atoms with Crippen molar-refractivity contribution in [2.75, 3.05) is 6.61 Å². The van der Waals surface area contributed by atoms with Gasteiger partial charge in [-0.3, -0.25) is 4.79 Å². The molecule has 2 aromatic carbocycles. The molecule has 0 bridgehead atoms. The molecule has 0 spiro atoms. The molecule has 3 rings (SSSR count). The summed E-state index contributed by atoms with van der Waals surface area (Å²) < 4.78 is 16.7. The highest BCUT2D eigenvalue weighted by atomic mass is 16.5. The first-order valence-corrected chi connectivity index (χ1v) is 11.6. The summed E-state index contributed by atoms with van der Waals surface area (Å²) in [5, 5.41) is 9.69. The van der Waals surface area contributed by atoms with E-state index in [1.807, 2.05) is 51.1 Å². The molecule has 34 heavy (non-hydrogen) atoms. The third kappa shape index (κ3) is 6.05. The lowest BCUT2D eigenvalue weighted by atomic mass is 10.1. The Kier molecular flexibility index (Phi) is 8.12. The standard InChI is InChI=1S/C28H31NO5/c1-5-6-15-32-26(30)19(2)16-23-25(28(23,3)4)27(31)34-24(18-29)20-11-10-14-22(17-20)33-21-12-8-7-9-13-21/h7-14,16-17,23-25H,5-6,15H2,1-4H3/b19-16+. The number of esters is 2. The van der Waals surface area contributed by atoms with Gasteiger partial charge >= 0.3 is 11.9 Å². The second-order valence-electron chi connectivity index (χ2n) is 9.10. The van der Waals surface area contributed by atoms with Gasteiger partial charge in [0.05, 0.1) is 12.5 Å². The van der Waals surface area contributed by atoms with Crippen molar-refractivity contribution in [3.63, 3.8) is 0 Å². The first-order valence-electron chi connectivity index (χ1n) is 11.6. The van der Waals surface area contributed by atoms with Crippen LogP contribution in [-0.2, 0) is 19.1 Å². The maximum atomic E-state index is 13.0. The van der Waals surface area contributed by atoms with Gasteiger partial charge in [0, 0.05) is 11.1 Å². The van der Waals surface area contributed by atoms with Crippen molar-refractivity contribution in [1.82, 2.24) is 0 Å². The number of ether oxygens (including phenoxy) is 3. The molecule has 2 aromatic rings. The fourth-order valence-corrected chi connectivity index (χ4v) is 3.92. The number of nitriles is 1. The van der Waals surface area contributed by atoms with Crippen molar-refractivity contribution in [2.45, 2.75) is 46.6 Å². The van der Waals surface area contributed by atoms with E-state index in [1.54, 1.807) is 37.3 Å². The number of carbonyl (C=O) groups is 2. The zero-order chi connectivity index (χ0) is 24.7. The fourth-order valence-electron chi connectivity index (χ4n) is 3.92. The van der Waals surface area contributed by atoms with E-state index in [-0.39, 0.29) is 17.3 Å². The molecule has 178 valence electrons. The van der Waals surface area contributed by atoms with E-state index in [9.17, 15) is 14.9 Å². The van der Waals surface area contributed by atoms with Crippen molar-refractivity contribution in [3.8, 4) is 17.6 Å². The van der Waals surface area contributed by atoms with Crippen molar-refractivity contribution in [1.29, 1.82) is 5.26 Å². The minimum absolute atomic E-state index is 0.161. The van der Waals surface area contributed by atoms with E-state index < -0.39 is 18.0 Å². The second-order valence-corrected chi connectivity index (χ2v) is 9.10. The molecule has 1 saturated carbocycles. The van der Waals surface area contributed by atoms with Crippen LogP contribution in [0.5, 0.6) is 11.5 Å². The Morgan fingerprint density at radius 1 is 1.12 bits per heavy atom. The number of carbonyl (C=O) groups excluding carboxylic acids is 2. The molecule has 0 radical (unpaired) electrons. The minimum atomic E-state index is -1.06. The summed E-state index contributed by atoms with van der Waals surface area (Å²) in [4.78, 5) is 25.1. The Labute approximate surface area is 201 Å². The molecule has 3 unspecified atom stereocenters. The average Bonchev–Trinajstić information content (AvgIpc) is 3.37. The first kappa shape index (κ1) is 25.0. The second kappa shape index (κ2) is 11.0. The number of nitrogens with zero attached hydrogens (tertiary/aromatic N) is 1. The zero-order valence-corrected chi connectivity index (χ0v) is 20.1. The third-order valence-corrected chi connectivity index (χ3v) is 6.14. The third-order valence-electron chi connectivity index (χ3n) is 6.14. The zero-order valence-electron chi connectivity index (χ0n) is 20.1. The number of rotatable bonds is 10. The molecule has 0 aliphatic heterocycles. The van der Waals surface area contributed by atoms with Crippen LogP contribution in [0.4, 0.5) is 0 Å². The van der Waals surface area contributed by atoms with Gasteiger partial charge in [-0.15, -0.1) is 0 Å². The molecule has 0 heterocycles. The van der Waals surface area contributed by atoms with Crippen LogP contribution < -0.4 is 4.74 Å². The number of hydrogen-bond acceptors (Lipinski definition) is 6. The Bertz CT molecular complexity index is 1080. The lowest BCUT2D eigenvalue weighted by Crippen LogP contribution is -2.14. The van der Waals surface area contributed by atoms with Gasteiger partial charge in [-0.25, -0.2) is 4.79 Å². The van der Waals surface area contributed by atoms with Gasteiger partial charge in [0.15, 0.2) is 0 Å². The highest BCUT2D eigenvalue weighted by Crippen LogP contribution is 2.60. The van der Waals surface area contributed by atoms with E-state index >= 15 is 0 Å². The molecule has 6 nitrogen and oxygen atoms in total. The van der Waals surface area contributed by atoms with Crippen molar-refractivity contribution < 1.29 is 23.8 Å². The summed E-state index contributed by atoms with van der Waals surface area (Å²) in [5.41, 5.74) is 0.637. The Hall–Kier alpha value is -3.59. The van der Waals surface area contributed by atoms with Crippen LogP contribution in [0.1, 0.15) is 52.2 Å². The van der Waals surface area contributed by atoms with Crippen molar-refractivity contribution in [3.05, 3.63) is 71.8 Å². The van der Waals surface area contributed by atoms with Gasteiger partial charge in [-0.1, -0.05) is 63.6 Å². The van der Waals surface area contributed by atoms with Crippen molar-refractivity contribution in [2.24, 2.45) is 17.3 Å². The summed E-state index contributed by atoms with van der Waals surface area (Å²) in [6.45, 7) is 8.01. The van der Waals surface area contributed by atoms with Gasteiger partial charge < -0.3 is 14.2 Å². The molecule has 6 heteroatoms. The predicted octanol–water partition coefficient (Wildman–Crippen LogP) is 6.15. The van der Waals surface area contributed by atoms with E-state index in [0.29, 0.717) is 29.2 Å². The smallest absolute Gasteiger partial charge is 0.333 e. The van der Waals surface area contributed by atoms with Gasteiger partial charge in [0.25, 0.3) is 0 Å². The largest absolute Gasteiger partial charge is 0.462 e. The van der Waals surface area contributed by atoms with E-state index in [1.165, 1.54) is 0 Å². The summed E-state index contributed by atoms with van der Waals surface area (Å²) in [6, 6.07) is 18.3. The van der Waals surface area contributed by atoms with E-state index in [0.717, 1.165) is 12.8 Å². The maximum Gasteiger partial charge on any atom is 0.333 e. The number of unbranched alkanes of at least 4 members (excludes halogenated alkanes) is 1. The lowest BCUT2D eigenvalue weighted by molar-refractivity contribution is -0.149. The maximum absolute atomic E-state index is 13.0. The van der Waals surface area contributed by atoms with Crippen LogP contribution in [0.25, 0.3) is 0 Å². The molecular weight excluding hydrogens is 430 g/mol. The molecule has 3 atom stereocenters.